The monoisotopic (exact) mass is 273 g/mol. The fraction of sp³-hybridized carbons (Fsp3) is 0.300. The molecule has 5 heteroatoms. The van der Waals surface area contributed by atoms with Gasteiger partial charge in [-0.3, -0.25) is 4.79 Å². The van der Waals surface area contributed by atoms with Crippen molar-refractivity contribution in [3.63, 3.8) is 0 Å². The van der Waals surface area contributed by atoms with Crippen LogP contribution in [0.2, 0.25) is 0 Å². The molecule has 2 rings (SSSR count). The van der Waals surface area contributed by atoms with E-state index in [9.17, 15) is 9.18 Å². The number of nitrogens with one attached hydrogen (secondary N) is 1. The van der Waals surface area contributed by atoms with Crippen molar-refractivity contribution in [1.82, 2.24) is 0 Å². The molecular formula is C10H9BrFNO2. The molecule has 0 saturated carbocycles. The van der Waals surface area contributed by atoms with Gasteiger partial charge in [0.2, 0.25) is 0 Å². The van der Waals surface area contributed by atoms with Crippen LogP contribution in [0, 0.1) is 5.82 Å². The highest BCUT2D eigenvalue weighted by molar-refractivity contribution is 9.10. The highest BCUT2D eigenvalue weighted by atomic mass is 79.9. The number of fused-ring (bicyclic) bond motifs is 1. The molecular weight excluding hydrogens is 265 g/mol. The fourth-order valence-electron chi connectivity index (χ4n) is 1.43. The van der Waals surface area contributed by atoms with E-state index >= 15 is 0 Å². The molecule has 0 aromatic heterocycles. The summed E-state index contributed by atoms with van der Waals surface area (Å²) in [5.41, 5.74) is 0.365. The molecule has 1 amide bonds. The van der Waals surface area contributed by atoms with Crippen molar-refractivity contribution < 1.29 is 13.9 Å². The summed E-state index contributed by atoms with van der Waals surface area (Å²) in [6, 6.07) is 2.81. The summed E-state index contributed by atoms with van der Waals surface area (Å²) >= 11 is 3.07. The molecule has 1 N–H and O–H groups in total. The van der Waals surface area contributed by atoms with Gasteiger partial charge in [-0.25, -0.2) is 4.39 Å². The summed E-state index contributed by atoms with van der Waals surface area (Å²) in [6.07, 6.45) is 0.0927. The molecule has 1 unspecified atom stereocenters. The van der Waals surface area contributed by atoms with Gasteiger partial charge < -0.3 is 10.1 Å². The molecule has 15 heavy (non-hydrogen) atoms. The zero-order chi connectivity index (χ0) is 11.0. The van der Waals surface area contributed by atoms with Crippen molar-refractivity contribution in [3.8, 4) is 5.75 Å². The quantitative estimate of drug-likeness (QED) is 0.855. The second kappa shape index (κ2) is 3.81. The molecule has 0 radical (unpaired) electrons. The van der Waals surface area contributed by atoms with Crippen molar-refractivity contribution in [2.75, 3.05) is 5.32 Å². The molecule has 1 aromatic carbocycles. The lowest BCUT2D eigenvalue weighted by Crippen LogP contribution is -2.36. The number of carbonyl (C=O) groups is 1. The average molecular weight is 274 g/mol. The molecule has 0 spiro atoms. The second-order valence-corrected chi connectivity index (χ2v) is 4.03. The first-order chi connectivity index (χ1) is 7.13. The van der Waals surface area contributed by atoms with E-state index in [0.29, 0.717) is 17.9 Å². The Morgan fingerprint density at radius 2 is 2.33 bits per heavy atom. The molecule has 0 saturated heterocycles. The summed E-state index contributed by atoms with van der Waals surface area (Å²) in [5, 5.41) is 2.62. The van der Waals surface area contributed by atoms with Crippen LogP contribution < -0.4 is 10.1 Å². The molecule has 80 valence electrons. The Labute approximate surface area is 94.7 Å². The average Bonchev–Trinajstić information content (AvgIpc) is 2.24. The number of rotatable bonds is 1. The van der Waals surface area contributed by atoms with Crippen molar-refractivity contribution in [3.05, 3.63) is 22.4 Å². The number of anilines is 1. The summed E-state index contributed by atoms with van der Waals surface area (Å²) in [4.78, 5) is 11.5. The van der Waals surface area contributed by atoms with Crippen LogP contribution in [-0.4, -0.2) is 12.0 Å². The molecule has 1 aliphatic rings. The van der Waals surface area contributed by atoms with Gasteiger partial charge in [0.15, 0.2) is 6.10 Å². The number of carbonyl (C=O) groups excluding carboxylic acids is 1. The third-order valence-electron chi connectivity index (χ3n) is 2.24. The molecule has 0 bridgehead atoms. The first-order valence-corrected chi connectivity index (χ1v) is 5.38. The topological polar surface area (TPSA) is 38.3 Å². The van der Waals surface area contributed by atoms with Gasteiger partial charge in [-0.15, -0.1) is 0 Å². The molecule has 0 aliphatic carbocycles. The largest absolute Gasteiger partial charge is 0.478 e. The van der Waals surface area contributed by atoms with Gasteiger partial charge in [0.1, 0.15) is 17.3 Å². The molecule has 0 fully saturated rings. The Hall–Kier alpha value is -1.10. The van der Waals surface area contributed by atoms with Crippen LogP contribution in [0.5, 0.6) is 5.75 Å². The van der Waals surface area contributed by atoms with Crippen molar-refractivity contribution in [2.45, 2.75) is 19.4 Å². The lowest BCUT2D eigenvalue weighted by Gasteiger charge is -2.25. The highest BCUT2D eigenvalue weighted by Crippen LogP contribution is 2.38. The van der Waals surface area contributed by atoms with Crippen molar-refractivity contribution in [1.29, 1.82) is 0 Å². The molecule has 1 aliphatic heterocycles. The van der Waals surface area contributed by atoms with Crippen molar-refractivity contribution >= 4 is 27.5 Å². The predicted octanol–water partition coefficient (Wildman–Crippen LogP) is 2.70. The Morgan fingerprint density at radius 1 is 1.60 bits per heavy atom. The number of amides is 1. The van der Waals surface area contributed by atoms with E-state index in [-0.39, 0.29) is 10.4 Å². The van der Waals surface area contributed by atoms with E-state index in [1.165, 1.54) is 12.1 Å². The number of benzene rings is 1. The Balaban J connectivity index is 2.45. The molecule has 1 atom stereocenters. The summed E-state index contributed by atoms with van der Waals surface area (Å²) in [6.45, 7) is 1.85. The lowest BCUT2D eigenvalue weighted by atomic mass is 10.2. The smallest absolute Gasteiger partial charge is 0.265 e. The van der Waals surface area contributed by atoms with Gasteiger partial charge in [-0.2, -0.15) is 0 Å². The fourth-order valence-corrected chi connectivity index (χ4v) is 1.85. The number of ether oxygens (including phenoxy) is 1. The maximum absolute atomic E-state index is 13.2. The van der Waals surface area contributed by atoms with Crippen LogP contribution in [0.25, 0.3) is 0 Å². The van der Waals surface area contributed by atoms with E-state index in [0.717, 1.165) is 0 Å². The van der Waals surface area contributed by atoms with Crippen molar-refractivity contribution in [2.24, 2.45) is 0 Å². The number of hydrogen-bond donors (Lipinski definition) is 1. The maximum Gasteiger partial charge on any atom is 0.265 e. The predicted molar refractivity (Wildman–Crippen MR) is 57.4 cm³/mol. The Bertz CT molecular complexity index is 422. The third-order valence-corrected chi connectivity index (χ3v) is 3.01. The Morgan fingerprint density at radius 3 is 3.00 bits per heavy atom. The zero-order valence-electron chi connectivity index (χ0n) is 8.01. The maximum atomic E-state index is 13.2. The summed E-state index contributed by atoms with van der Waals surface area (Å²) in [7, 11) is 0. The van der Waals surface area contributed by atoms with Crippen LogP contribution >= 0.6 is 15.9 Å². The highest BCUT2D eigenvalue weighted by Gasteiger charge is 2.28. The lowest BCUT2D eigenvalue weighted by molar-refractivity contribution is -0.123. The normalized spacial score (nSPS) is 19.1. The van der Waals surface area contributed by atoms with E-state index in [2.05, 4.69) is 21.2 Å². The SMILES string of the molecule is CCC1Oc2ccc(F)c(Br)c2NC1=O. The van der Waals surface area contributed by atoms with Gasteiger partial charge in [0.25, 0.3) is 5.91 Å². The van der Waals surface area contributed by atoms with Crippen LogP contribution in [0.1, 0.15) is 13.3 Å². The summed E-state index contributed by atoms with van der Waals surface area (Å²) in [5.74, 6) is -0.168. The van der Waals surface area contributed by atoms with Gasteiger partial charge in [-0.05, 0) is 34.5 Å². The number of halogens is 2. The van der Waals surface area contributed by atoms with Gasteiger partial charge in [-0.1, -0.05) is 6.92 Å². The van der Waals surface area contributed by atoms with Gasteiger partial charge in [0.05, 0.1) is 4.47 Å². The third kappa shape index (κ3) is 1.71. The van der Waals surface area contributed by atoms with Crippen LogP contribution in [0.3, 0.4) is 0 Å². The van der Waals surface area contributed by atoms with Gasteiger partial charge >= 0.3 is 0 Å². The van der Waals surface area contributed by atoms with Crippen LogP contribution in [0.4, 0.5) is 10.1 Å². The molecule has 1 aromatic rings. The van der Waals surface area contributed by atoms with Gasteiger partial charge in [0, 0.05) is 0 Å². The van der Waals surface area contributed by atoms with E-state index < -0.39 is 11.9 Å². The minimum absolute atomic E-state index is 0.225. The molecule has 3 nitrogen and oxygen atoms in total. The van der Waals surface area contributed by atoms with E-state index in [4.69, 9.17) is 4.74 Å². The second-order valence-electron chi connectivity index (χ2n) is 3.24. The van der Waals surface area contributed by atoms with Crippen LogP contribution in [-0.2, 0) is 4.79 Å². The first-order valence-electron chi connectivity index (χ1n) is 4.59. The Kier molecular flexibility index (Phi) is 2.65. The zero-order valence-corrected chi connectivity index (χ0v) is 9.60. The van der Waals surface area contributed by atoms with E-state index in [1.54, 1.807) is 0 Å². The van der Waals surface area contributed by atoms with Crippen LogP contribution in [0.15, 0.2) is 16.6 Å². The minimum Gasteiger partial charge on any atom is -0.478 e. The standard InChI is InChI=1S/C10H9BrFNO2/c1-2-6-10(14)13-9-7(15-6)4-3-5(12)8(9)11/h3-4,6H,2H2,1H3,(H,13,14). The first kappa shape index (κ1) is 10.4. The number of hydrogen-bond acceptors (Lipinski definition) is 2. The minimum atomic E-state index is -0.491. The van der Waals surface area contributed by atoms with E-state index in [1.807, 2.05) is 6.92 Å². The molecule has 1 heterocycles. The summed E-state index contributed by atoms with van der Waals surface area (Å²) < 4.78 is 18.8.